The van der Waals surface area contributed by atoms with Crippen LogP contribution >= 0.6 is 0 Å². The Morgan fingerprint density at radius 1 is 1.11 bits per heavy atom. The molecule has 0 N–H and O–H groups in total. The van der Waals surface area contributed by atoms with Crippen molar-refractivity contribution in [1.82, 2.24) is 4.90 Å². The van der Waals surface area contributed by atoms with Crippen LogP contribution in [0.25, 0.3) is 0 Å². The number of carbonyl (C=O) groups excluding carboxylic acids is 2. The standard InChI is InChI=1S/C15H25NO3/c1-19-11-7-3-6-10-16-13(17)12-15(14(16)18)8-4-2-5-9-15/h2-12H2,1H3. The summed E-state index contributed by atoms with van der Waals surface area (Å²) in [5.74, 6) is 0.169. The van der Waals surface area contributed by atoms with Gasteiger partial charge in [0.2, 0.25) is 11.8 Å². The summed E-state index contributed by atoms with van der Waals surface area (Å²) >= 11 is 0. The van der Waals surface area contributed by atoms with E-state index in [4.69, 9.17) is 4.74 Å². The lowest BCUT2D eigenvalue weighted by molar-refractivity contribution is -0.142. The van der Waals surface area contributed by atoms with Crippen molar-refractivity contribution in [1.29, 1.82) is 0 Å². The molecular formula is C15H25NO3. The number of hydrogen-bond donors (Lipinski definition) is 0. The van der Waals surface area contributed by atoms with Crippen LogP contribution in [0.5, 0.6) is 0 Å². The number of hydrogen-bond acceptors (Lipinski definition) is 3. The molecule has 1 heterocycles. The lowest BCUT2D eigenvalue weighted by Gasteiger charge is -2.30. The summed E-state index contributed by atoms with van der Waals surface area (Å²) in [7, 11) is 1.69. The van der Waals surface area contributed by atoms with Gasteiger partial charge < -0.3 is 4.74 Å². The second-order valence-electron chi connectivity index (χ2n) is 5.92. The van der Waals surface area contributed by atoms with Crippen molar-refractivity contribution in [3.8, 4) is 0 Å². The lowest BCUT2D eigenvalue weighted by atomic mass is 9.73. The highest BCUT2D eigenvalue weighted by molar-refractivity contribution is 6.05. The van der Waals surface area contributed by atoms with Crippen molar-refractivity contribution in [2.24, 2.45) is 5.41 Å². The number of imide groups is 1. The maximum atomic E-state index is 12.5. The number of unbranched alkanes of at least 4 members (excludes halogenated alkanes) is 2. The van der Waals surface area contributed by atoms with Gasteiger partial charge in [-0.2, -0.15) is 0 Å². The van der Waals surface area contributed by atoms with Gasteiger partial charge in [0.15, 0.2) is 0 Å². The molecule has 2 aliphatic rings. The predicted octanol–water partition coefficient (Wildman–Crippen LogP) is 2.51. The first kappa shape index (κ1) is 14.5. The van der Waals surface area contributed by atoms with E-state index in [1.54, 1.807) is 7.11 Å². The molecule has 1 saturated carbocycles. The number of methoxy groups -OCH3 is 1. The molecule has 0 atom stereocenters. The Balaban J connectivity index is 1.84. The number of amides is 2. The van der Waals surface area contributed by atoms with Crippen LogP contribution in [0.3, 0.4) is 0 Å². The van der Waals surface area contributed by atoms with Crippen molar-refractivity contribution in [2.75, 3.05) is 20.3 Å². The van der Waals surface area contributed by atoms with Gasteiger partial charge in [0.05, 0.1) is 5.41 Å². The van der Waals surface area contributed by atoms with Crippen LogP contribution in [0.15, 0.2) is 0 Å². The third-order valence-corrected chi connectivity index (χ3v) is 4.53. The number of ether oxygens (including phenoxy) is 1. The van der Waals surface area contributed by atoms with E-state index in [2.05, 4.69) is 0 Å². The zero-order valence-corrected chi connectivity index (χ0v) is 12.0. The van der Waals surface area contributed by atoms with E-state index in [1.165, 1.54) is 11.3 Å². The molecule has 0 aromatic rings. The summed E-state index contributed by atoms with van der Waals surface area (Å²) in [6.45, 7) is 1.36. The molecule has 0 unspecified atom stereocenters. The van der Waals surface area contributed by atoms with Gasteiger partial charge in [0, 0.05) is 26.7 Å². The Labute approximate surface area is 115 Å². The topological polar surface area (TPSA) is 46.6 Å². The molecule has 2 fully saturated rings. The summed E-state index contributed by atoms with van der Waals surface area (Å²) in [4.78, 5) is 26.1. The van der Waals surface area contributed by atoms with Gasteiger partial charge in [0.25, 0.3) is 0 Å². The summed E-state index contributed by atoms with van der Waals surface area (Å²) < 4.78 is 5.00. The number of rotatable bonds is 6. The second kappa shape index (κ2) is 6.51. The van der Waals surface area contributed by atoms with Crippen LogP contribution in [-0.4, -0.2) is 37.0 Å². The fraction of sp³-hybridized carbons (Fsp3) is 0.867. The number of likely N-dealkylation sites (tertiary alicyclic amines) is 1. The van der Waals surface area contributed by atoms with Gasteiger partial charge >= 0.3 is 0 Å². The first-order chi connectivity index (χ1) is 9.19. The molecule has 1 aliphatic carbocycles. The van der Waals surface area contributed by atoms with Crippen molar-refractivity contribution < 1.29 is 14.3 Å². The van der Waals surface area contributed by atoms with E-state index in [0.29, 0.717) is 13.0 Å². The molecule has 1 aliphatic heterocycles. The van der Waals surface area contributed by atoms with Gasteiger partial charge in [0.1, 0.15) is 0 Å². The van der Waals surface area contributed by atoms with Crippen LogP contribution in [0, 0.1) is 5.41 Å². The third kappa shape index (κ3) is 3.16. The fourth-order valence-electron chi connectivity index (χ4n) is 3.40. The van der Waals surface area contributed by atoms with Crippen molar-refractivity contribution in [3.63, 3.8) is 0 Å². The van der Waals surface area contributed by atoms with Crippen LogP contribution in [0.1, 0.15) is 57.8 Å². The van der Waals surface area contributed by atoms with Crippen molar-refractivity contribution in [3.05, 3.63) is 0 Å². The molecule has 0 radical (unpaired) electrons. The molecular weight excluding hydrogens is 242 g/mol. The Hall–Kier alpha value is -0.900. The average molecular weight is 267 g/mol. The van der Waals surface area contributed by atoms with E-state index < -0.39 is 0 Å². The van der Waals surface area contributed by atoms with Gasteiger partial charge in [-0.25, -0.2) is 0 Å². The van der Waals surface area contributed by atoms with Crippen molar-refractivity contribution in [2.45, 2.75) is 57.8 Å². The zero-order chi connectivity index (χ0) is 13.7. The Morgan fingerprint density at radius 3 is 2.53 bits per heavy atom. The van der Waals surface area contributed by atoms with Gasteiger partial charge in [-0.15, -0.1) is 0 Å². The number of carbonyl (C=O) groups is 2. The maximum Gasteiger partial charge on any atom is 0.235 e. The minimum absolute atomic E-state index is 0.0543. The Kier molecular flexibility index (Phi) is 4.97. The summed E-state index contributed by atoms with van der Waals surface area (Å²) in [6, 6.07) is 0. The molecule has 0 bridgehead atoms. The summed E-state index contributed by atoms with van der Waals surface area (Å²) in [5.41, 5.74) is -0.318. The van der Waals surface area contributed by atoms with E-state index in [-0.39, 0.29) is 17.2 Å². The predicted molar refractivity (Wildman–Crippen MR) is 72.6 cm³/mol. The molecule has 4 nitrogen and oxygen atoms in total. The fourth-order valence-corrected chi connectivity index (χ4v) is 3.40. The molecule has 4 heteroatoms. The maximum absolute atomic E-state index is 12.5. The highest BCUT2D eigenvalue weighted by Gasteiger charge is 2.50. The molecule has 108 valence electrons. The van der Waals surface area contributed by atoms with Crippen LogP contribution in [0.2, 0.25) is 0 Å². The van der Waals surface area contributed by atoms with E-state index in [0.717, 1.165) is 51.6 Å². The molecule has 1 spiro atoms. The third-order valence-electron chi connectivity index (χ3n) is 4.53. The molecule has 2 rings (SSSR count). The molecule has 0 aromatic carbocycles. The van der Waals surface area contributed by atoms with Gasteiger partial charge in [-0.3, -0.25) is 14.5 Å². The number of nitrogens with zero attached hydrogens (tertiary/aromatic N) is 1. The minimum Gasteiger partial charge on any atom is -0.385 e. The molecule has 1 saturated heterocycles. The largest absolute Gasteiger partial charge is 0.385 e. The molecule has 2 amide bonds. The average Bonchev–Trinajstić information content (AvgIpc) is 2.63. The molecule has 19 heavy (non-hydrogen) atoms. The highest BCUT2D eigenvalue weighted by atomic mass is 16.5. The summed E-state index contributed by atoms with van der Waals surface area (Å²) in [6.07, 6.45) is 8.60. The lowest BCUT2D eigenvalue weighted by Crippen LogP contribution is -2.37. The van der Waals surface area contributed by atoms with Gasteiger partial charge in [-0.1, -0.05) is 19.3 Å². The Morgan fingerprint density at radius 2 is 1.84 bits per heavy atom. The van der Waals surface area contributed by atoms with E-state index >= 15 is 0 Å². The first-order valence-electron chi connectivity index (χ1n) is 7.53. The monoisotopic (exact) mass is 267 g/mol. The highest BCUT2D eigenvalue weighted by Crippen LogP contribution is 2.45. The Bertz CT molecular complexity index is 334. The smallest absolute Gasteiger partial charge is 0.235 e. The van der Waals surface area contributed by atoms with E-state index in [9.17, 15) is 9.59 Å². The van der Waals surface area contributed by atoms with Gasteiger partial charge in [-0.05, 0) is 32.1 Å². The summed E-state index contributed by atoms with van der Waals surface area (Å²) in [5, 5.41) is 0. The van der Waals surface area contributed by atoms with Crippen LogP contribution < -0.4 is 0 Å². The first-order valence-corrected chi connectivity index (χ1v) is 7.53. The minimum atomic E-state index is -0.318. The quantitative estimate of drug-likeness (QED) is 0.549. The molecule has 0 aromatic heterocycles. The SMILES string of the molecule is COCCCCCN1C(=O)CC2(CCCCC2)C1=O. The zero-order valence-electron chi connectivity index (χ0n) is 12.0. The van der Waals surface area contributed by atoms with Crippen molar-refractivity contribution >= 4 is 11.8 Å². The van der Waals surface area contributed by atoms with Crippen LogP contribution in [0.4, 0.5) is 0 Å². The van der Waals surface area contributed by atoms with E-state index in [1.807, 2.05) is 0 Å². The van der Waals surface area contributed by atoms with Crippen LogP contribution in [-0.2, 0) is 14.3 Å². The second-order valence-corrected chi connectivity index (χ2v) is 5.92. The normalized spacial score (nSPS) is 22.5.